The van der Waals surface area contributed by atoms with Crippen molar-refractivity contribution in [3.63, 3.8) is 0 Å². The van der Waals surface area contributed by atoms with Gasteiger partial charge in [-0.2, -0.15) is 0 Å². The lowest BCUT2D eigenvalue weighted by atomic mass is 10.0. The third kappa shape index (κ3) is 2.71. The van der Waals surface area contributed by atoms with Crippen LogP contribution in [0.4, 0.5) is 0 Å². The highest BCUT2D eigenvalue weighted by Gasteiger charge is 2.08. The summed E-state index contributed by atoms with van der Waals surface area (Å²) in [6.45, 7) is 3.73. The molecule has 3 nitrogen and oxygen atoms in total. The lowest BCUT2D eigenvalue weighted by Crippen LogP contribution is -2.16. The predicted molar refractivity (Wildman–Crippen MR) is 74.0 cm³/mol. The second kappa shape index (κ2) is 5.47. The molecule has 0 fully saturated rings. The minimum Gasteiger partial charge on any atom is -0.396 e. The molecule has 16 heavy (non-hydrogen) atoms. The Balaban J connectivity index is 3.21. The van der Waals surface area contributed by atoms with E-state index in [-0.39, 0.29) is 0 Å². The van der Waals surface area contributed by atoms with Crippen LogP contribution in [0, 0.1) is 5.41 Å². The van der Waals surface area contributed by atoms with E-state index in [4.69, 9.17) is 11.1 Å². The number of nitrogens with one attached hydrogen (secondary N) is 2. The molecule has 0 aliphatic carbocycles. The van der Waals surface area contributed by atoms with Gasteiger partial charge >= 0.3 is 0 Å². The summed E-state index contributed by atoms with van der Waals surface area (Å²) in [4.78, 5) is 0. The van der Waals surface area contributed by atoms with Crippen LogP contribution in [0.2, 0.25) is 0 Å². The van der Waals surface area contributed by atoms with E-state index in [1.54, 1.807) is 19.3 Å². The number of benzene rings is 1. The highest BCUT2D eigenvalue weighted by molar-refractivity contribution is 7.27. The van der Waals surface area contributed by atoms with Crippen molar-refractivity contribution in [2.45, 2.75) is 0 Å². The Morgan fingerprint density at radius 1 is 1.56 bits per heavy atom. The van der Waals surface area contributed by atoms with Crippen LogP contribution in [0.1, 0.15) is 11.1 Å². The summed E-state index contributed by atoms with van der Waals surface area (Å²) in [6, 6.07) is 5.78. The van der Waals surface area contributed by atoms with E-state index in [9.17, 15) is 0 Å². The Labute approximate surface area is 98.1 Å². The molecule has 0 spiro atoms. The van der Waals surface area contributed by atoms with Crippen LogP contribution >= 0.6 is 9.24 Å². The zero-order valence-electron chi connectivity index (χ0n) is 9.25. The van der Waals surface area contributed by atoms with Gasteiger partial charge in [-0.25, -0.2) is 0 Å². The van der Waals surface area contributed by atoms with Crippen molar-refractivity contribution in [1.29, 1.82) is 5.41 Å². The minimum absolute atomic E-state index is 0.300. The highest BCUT2D eigenvalue weighted by atomic mass is 31.0. The van der Waals surface area contributed by atoms with E-state index in [2.05, 4.69) is 21.1 Å². The van der Waals surface area contributed by atoms with Crippen LogP contribution in [-0.4, -0.2) is 12.8 Å². The maximum atomic E-state index is 7.99. The Morgan fingerprint density at radius 2 is 2.25 bits per heavy atom. The van der Waals surface area contributed by atoms with E-state index >= 15 is 0 Å². The maximum absolute atomic E-state index is 7.99. The second-order valence-electron chi connectivity index (χ2n) is 3.31. The van der Waals surface area contributed by atoms with Gasteiger partial charge in [-0.1, -0.05) is 24.8 Å². The molecule has 0 aromatic heterocycles. The van der Waals surface area contributed by atoms with E-state index in [0.717, 1.165) is 16.4 Å². The Bertz CT molecular complexity index is 450. The lowest BCUT2D eigenvalue weighted by molar-refractivity contribution is 1.08. The summed E-state index contributed by atoms with van der Waals surface area (Å²) in [5.74, 6) is 0. The number of hydrogen-bond acceptors (Lipinski definition) is 3. The molecular weight excluding hydrogens is 217 g/mol. The van der Waals surface area contributed by atoms with Crippen LogP contribution in [0.25, 0.3) is 6.08 Å². The lowest BCUT2D eigenvalue weighted by Gasteiger charge is -2.09. The summed E-state index contributed by atoms with van der Waals surface area (Å²) < 4.78 is 0. The third-order valence-electron chi connectivity index (χ3n) is 2.16. The molecular formula is C12H16N3P. The monoisotopic (exact) mass is 233 g/mol. The third-order valence-corrected chi connectivity index (χ3v) is 2.51. The summed E-state index contributed by atoms with van der Waals surface area (Å²) in [7, 11) is 4.35. The van der Waals surface area contributed by atoms with Crippen molar-refractivity contribution in [3.8, 4) is 0 Å². The van der Waals surface area contributed by atoms with Crippen LogP contribution in [0.5, 0.6) is 0 Å². The van der Waals surface area contributed by atoms with Crippen molar-refractivity contribution in [2.24, 2.45) is 5.73 Å². The molecule has 1 atom stereocenters. The molecule has 0 saturated heterocycles. The molecule has 0 radical (unpaired) electrons. The van der Waals surface area contributed by atoms with E-state index in [1.807, 2.05) is 18.2 Å². The zero-order chi connectivity index (χ0) is 12.1. The van der Waals surface area contributed by atoms with Gasteiger partial charge in [-0.3, -0.25) is 5.41 Å². The molecule has 0 bridgehead atoms. The van der Waals surface area contributed by atoms with Gasteiger partial charge in [-0.05, 0) is 16.9 Å². The van der Waals surface area contributed by atoms with Crippen LogP contribution in [-0.2, 0) is 0 Å². The molecule has 4 heteroatoms. The van der Waals surface area contributed by atoms with Crippen molar-refractivity contribution in [3.05, 3.63) is 47.8 Å². The van der Waals surface area contributed by atoms with Crippen LogP contribution in [0.3, 0.4) is 0 Å². The van der Waals surface area contributed by atoms with Crippen molar-refractivity contribution >= 4 is 26.3 Å². The number of allylic oxidation sites excluding steroid dienone is 1. The topological polar surface area (TPSA) is 61.9 Å². The van der Waals surface area contributed by atoms with E-state index in [0.29, 0.717) is 11.4 Å². The summed E-state index contributed by atoms with van der Waals surface area (Å²) in [5, 5.41) is 11.8. The molecule has 0 aliphatic heterocycles. The number of hydrogen-bond donors (Lipinski definition) is 3. The summed E-state index contributed by atoms with van der Waals surface area (Å²) in [6.07, 6.45) is 3.32. The van der Waals surface area contributed by atoms with Crippen LogP contribution < -0.4 is 16.4 Å². The molecule has 1 aromatic rings. The first-order valence-electron chi connectivity index (χ1n) is 4.84. The first-order chi connectivity index (χ1) is 7.60. The molecule has 1 unspecified atom stereocenters. The van der Waals surface area contributed by atoms with Crippen molar-refractivity contribution < 1.29 is 0 Å². The van der Waals surface area contributed by atoms with Crippen LogP contribution in [0.15, 0.2) is 36.7 Å². The minimum atomic E-state index is 0.300. The quantitative estimate of drug-likeness (QED) is 0.541. The van der Waals surface area contributed by atoms with E-state index in [1.165, 1.54) is 0 Å². The fraction of sp³-hybridized carbons (Fsp3) is 0.0833. The summed E-state index contributed by atoms with van der Waals surface area (Å²) >= 11 is 0. The fourth-order valence-electron chi connectivity index (χ4n) is 1.35. The molecule has 0 amide bonds. The Hall–Kier alpha value is -1.60. The van der Waals surface area contributed by atoms with Crippen molar-refractivity contribution in [1.82, 2.24) is 5.32 Å². The maximum Gasteiger partial charge on any atom is 0.0862 e. The largest absolute Gasteiger partial charge is 0.396 e. The van der Waals surface area contributed by atoms with Crippen molar-refractivity contribution in [2.75, 3.05) is 7.05 Å². The predicted octanol–water partition coefficient (Wildman–Crippen LogP) is 1.22. The van der Waals surface area contributed by atoms with Gasteiger partial charge in [0.15, 0.2) is 0 Å². The van der Waals surface area contributed by atoms with E-state index < -0.39 is 0 Å². The molecule has 4 N–H and O–H groups in total. The van der Waals surface area contributed by atoms with Gasteiger partial charge in [0.1, 0.15) is 0 Å². The van der Waals surface area contributed by atoms with Gasteiger partial charge in [0.2, 0.25) is 0 Å². The molecule has 1 aromatic carbocycles. The second-order valence-corrected chi connectivity index (χ2v) is 3.98. The van der Waals surface area contributed by atoms with Gasteiger partial charge in [0.05, 0.1) is 11.4 Å². The molecule has 84 valence electrons. The normalized spacial score (nSPS) is 11.0. The standard InChI is InChI=1S/C12H16N3P/c1-3-8-4-5-9(16)6-10(8)12(14)11(13)7-15-2/h3-7,14-15H,1,13,16H2,2H3/b11-7+,14-12?. The average Bonchev–Trinajstić information content (AvgIpc) is 2.28. The fourth-order valence-corrected chi connectivity index (χ4v) is 1.61. The zero-order valence-corrected chi connectivity index (χ0v) is 10.4. The molecule has 1 rings (SSSR count). The number of rotatable bonds is 4. The first kappa shape index (κ1) is 12.5. The molecule has 0 saturated carbocycles. The van der Waals surface area contributed by atoms with Gasteiger partial charge < -0.3 is 11.1 Å². The Morgan fingerprint density at radius 3 is 2.81 bits per heavy atom. The Kier molecular flexibility index (Phi) is 4.27. The van der Waals surface area contributed by atoms with Gasteiger partial charge in [-0.15, -0.1) is 9.24 Å². The summed E-state index contributed by atoms with van der Waals surface area (Å²) in [5.41, 5.74) is 8.16. The first-order valence-corrected chi connectivity index (χ1v) is 5.42. The highest BCUT2D eigenvalue weighted by Crippen LogP contribution is 2.13. The average molecular weight is 233 g/mol. The molecule has 0 heterocycles. The van der Waals surface area contributed by atoms with Gasteiger partial charge in [0.25, 0.3) is 0 Å². The number of nitrogens with two attached hydrogens (primary N) is 1. The van der Waals surface area contributed by atoms with Gasteiger partial charge in [0, 0.05) is 18.8 Å². The molecule has 0 aliphatic rings. The smallest absolute Gasteiger partial charge is 0.0862 e. The SMILES string of the molecule is C=Cc1ccc(P)cc1C(=N)/C(N)=C\NC.